The SMILES string of the molecule is O=C(O)c1ccc2c(c1)C(=O)N(CC1CC3C(=O)NC(=O)C13)C2=O. The lowest BCUT2D eigenvalue weighted by molar-refractivity contribution is -0.129. The summed E-state index contributed by atoms with van der Waals surface area (Å²) in [6.07, 6.45) is 0.454. The first-order chi connectivity index (χ1) is 11.4. The zero-order chi connectivity index (χ0) is 17.2. The number of aromatic carboxylic acids is 1. The van der Waals surface area contributed by atoms with Crippen LogP contribution in [0.15, 0.2) is 18.2 Å². The Morgan fingerprint density at radius 3 is 2.50 bits per heavy atom. The fourth-order valence-corrected chi connectivity index (χ4v) is 3.73. The van der Waals surface area contributed by atoms with Gasteiger partial charge in [0.1, 0.15) is 0 Å². The van der Waals surface area contributed by atoms with Crippen LogP contribution in [0, 0.1) is 17.8 Å². The Labute approximate surface area is 135 Å². The summed E-state index contributed by atoms with van der Waals surface area (Å²) in [6, 6.07) is 3.79. The molecule has 2 heterocycles. The first-order valence-electron chi connectivity index (χ1n) is 7.46. The second-order valence-electron chi connectivity index (χ2n) is 6.27. The van der Waals surface area contributed by atoms with Gasteiger partial charge in [0.25, 0.3) is 11.8 Å². The first kappa shape index (κ1) is 14.6. The standard InChI is InChI=1S/C16H12N2O6/c19-12-10-4-7(11(10)13(20)17-12)5-18-14(21)8-2-1-6(16(23)24)3-9(8)15(18)22/h1-3,7,10-11H,4-5H2,(H,23,24)(H,17,19,20). The van der Waals surface area contributed by atoms with Gasteiger partial charge in [0.15, 0.2) is 0 Å². The molecule has 8 nitrogen and oxygen atoms in total. The molecule has 4 rings (SSSR count). The van der Waals surface area contributed by atoms with Crippen molar-refractivity contribution in [1.29, 1.82) is 0 Å². The van der Waals surface area contributed by atoms with Gasteiger partial charge < -0.3 is 5.11 Å². The maximum absolute atomic E-state index is 12.4. The maximum Gasteiger partial charge on any atom is 0.335 e. The molecule has 2 aliphatic heterocycles. The molecular weight excluding hydrogens is 316 g/mol. The van der Waals surface area contributed by atoms with E-state index >= 15 is 0 Å². The van der Waals surface area contributed by atoms with Gasteiger partial charge in [-0.05, 0) is 30.5 Å². The minimum atomic E-state index is -1.18. The summed E-state index contributed by atoms with van der Waals surface area (Å²) < 4.78 is 0. The van der Waals surface area contributed by atoms with Crippen LogP contribution in [0.1, 0.15) is 37.5 Å². The lowest BCUT2D eigenvalue weighted by Gasteiger charge is -2.38. The summed E-state index contributed by atoms with van der Waals surface area (Å²) in [5.41, 5.74) is 0.150. The van der Waals surface area contributed by atoms with Crippen LogP contribution in [0.3, 0.4) is 0 Å². The van der Waals surface area contributed by atoms with E-state index in [1.54, 1.807) is 0 Å². The molecule has 0 bridgehead atoms. The largest absolute Gasteiger partial charge is 0.478 e. The second kappa shape index (κ2) is 4.73. The van der Waals surface area contributed by atoms with Crippen molar-refractivity contribution in [1.82, 2.24) is 10.2 Å². The highest BCUT2D eigenvalue weighted by Gasteiger charge is 2.55. The zero-order valence-electron chi connectivity index (χ0n) is 12.3. The molecule has 0 spiro atoms. The first-order valence-corrected chi connectivity index (χ1v) is 7.46. The van der Waals surface area contributed by atoms with Crippen molar-refractivity contribution in [2.45, 2.75) is 6.42 Å². The van der Waals surface area contributed by atoms with Crippen molar-refractivity contribution >= 4 is 29.6 Å². The minimum absolute atomic E-state index is 0.0522. The Bertz CT molecular complexity index is 845. The van der Waals surface area contributed by atoms with Crippen molar-refractivity contribution < 1.29 is 29.1 Å². The Kier molecular flexibility index (Phi) is 2.87. The lowest BCUT2D eigenvalue weighted by atomic mass is 9.66. The van der Waals surface area contributed by atoms with Gasteiger partial charge in [-0.2, -0.15) is 0 Å². The van der Waals surface area contributed by atoms with Crippen LogP contribution in [0.5, 0.6) is 0 Å². The molecule has 3 unspecified atom stereocenters. The number of fused-ring (bicyclic) bond motifs is 2. The highest BCUT2D eigenvalue weighted by molar-refractivity contribution is 6.22. The highest BCUT2D eigenvalue weighted by atomic mass is 16.4. The molecule has 1 saturated heterocycles. The predicted molar refractivity (Wildman–Crippen MR) is 77.0 cm³/mol. The van der Waals surface area contributed by atoms with Crippen molar-refractivity contribution in [3.63, 3.8) is 0 Å². The number of carbonyl (C=O) groups is 5. The second-order valence-corrected chi connectivity index (χ2v) is 6.27. The topological polar surface area (TPSA) is 121 Å². The third kappa shape index (κ3) is 1.82. The molecule has 1 aromatic rings. The number of nitrogens with one attached hydrogen (secondary N) is 1. The Hall–Kier alpha value is -3.03. The molecule has 2 fully saturated rings. The fraction of sp³-hybridized carbons (Fsp3) is 0.312. The van der Waals surface area contributed by atoms with E-state index in [2.05, 4.69) is 5.32 Å². The average molecular weight is 328 g/mol. The van der Waals surface area contributed by atoms with E-state index in [1.807, 2.05) is 0 Å². The number of nitrogens with zero attached hydrogens (tertiary/aromatic N) is 1. The van der Waals surface area contributed by atoms with Crippen LogP contribution in [0.4, 0.5) is 0 Å². The summed E-state index contributed by atoms with van der Waals surface area (Å²) in [7, 11) is 0. The van der Waals surface area contributed by atoms with Crippen LogP contribution in [-0.2, 0) is 9.59 Å². The van der Waals surface area contributed by atoms with Gasteiger partial charge >= 0.3 is 5.97 Å². The monoisotopic (exact) mass is 328 g/mol. The van der Waals surface area contributed by atoms with Gasteiger partial charge in [0, 0.05) is 6.54 Å². The maximum atomic E-state index is 12.4. The number of rotatable bonds is 3. The number of imide groups is 2. The Morgan fingerprint density at radius 1 is 1.12 bits per heavy atom. The number of carboxylic acid groups (broad SMARTS) is 1. The van der Waals surface area contributed by atoms with Crippen molar-refractivity contribution in [3.05, 3.63) is 34.9 Å². The Morgan fingerprint density at radius 2 is 1.83 bits per heavy atom. The van der Waals surface area contributed by atoms with Crippen molar-refractivity contribution in [3.8, 4) is 0 Å². The van der Waals surface area contributed by atoms with Gasteiger partial charge in [0.05, 0.1) is 28.5 Å². The molecule has 8 heteroatoms. The molecule has 122 valence electrons. The number of hydrogen-bond donors (Lipinski definition) is 2. The van der Waals surface area contributed by atoms with Gasteiger partial charge in [0.2, 0.25) is 11.8 Å². The molecule has 1 aliphatic carbocycles. The Balaban J connectivity index is 1.57. The number of carboxylic acids is 1. The number of benzene rings is 1. The molecular formula is C16H12N2O6. The van der Waals surface area contributed by atoms with E-state index < -0.39 is 23.7 Å². The molecule has 4 amide bonds. The van der Waals surface area contributed by atoms with Crippen LogP contribution in [-0.4, -0.2) is 46.1 Å². The van der Waals surface area contributed by atoms with Gasteiger partial charge in [-0.25, -0.2) is 4.79 Å². The molecule has 1 saturated carbocycles. The molecule has 0 radical (unpaired) electrons. The molecule has 2 N–H and O–H groups in total. The molecule has 3 aliphatic rings. The summed E-state index contributed by atoms with van der Waals surface area (Å²) >= 11 is 0. The van der Waals surface area contributed by atoms with E-state index in [1.165, 1.54) is 18.2 Å². The van der Waals surface area contributed by atoms with E-state index in [-0.39, 0.29) is 46.9 Å². The molecule has 3 atom stereocenters. The van der Waals surface area contributed by atoms with Crippen molar-refractivity contribution in [2.24, 2.45) is 17.8 Å². The fourth-order valence-electron chi connectivity index (χ4n) is 3.73. The molecule has 1 aromatic carbocycles. The summed E-state index contributed by atoms with van der Waals surface area (Å²) in [4.78, 5) is 60.1. The van der Waals surface area contributed by atoms with Crippen LogP contribution in [0.25, 0.3) is 0 Å². The third-order valence-electron chi connectivity index (χ3n) is 5.02. The minimum Gasteiger partial charge on any atom is -0.478 e. The molecule has 0 aromatic heterocycles. The summed E-state index contributed by atoms with van der Waals surface area (Å²) in [5.74, 6) is -4.00. The number of amides is 4. The third-order valence-corrected chi connectivity index (χ3v) is 5.02. The van der Waals surface area contributed by atoms with E-state index in [4.69, 9.17) is 5.11 Å². The smallest absolute Gasteiger partial charge is 0.335 e. The zero-order valence-corrected chi connectivity index (χ0v) is 12.3. The van der Waals surface area contributed by atoms with Gasteiger partial charge in [-0.1, -0.05) is 0 Å². The molecule has 24 heavy (non-hydrogen) atoms. The van der Waals surface area contributed by atoms with Gasteiger partial charge in [-0.15, -0.1) is 0 Å². The summed E-state index contributed by atoms with van der Waals surface area (Å²) in [6.45, 7) is 0.0522. The van der Waals surface area contributed by atoms with Crippen LogP contribution in [0.2, 0.25) is 0 Å². The van der Waals surface area contributed by atoms with E-state index in [9.17, 15) is 24.0 Å². The summed E-state index contributed by atoms with van der Waals surface area (Å²) in [5, 5.41) is 11.3. The van der Waals surface area contributed by atoms with E-state index in [0.717, 1.165) is 4.90 Å². The van der Waals surface area contributed by atoms with Crippen molar-refractivity contribution in [2.75, 3.05) is 6.54 Å². The quantitative estimate of drug-likeness (QED) is 0.747. The number of hydrogen-bond acceptors (Lipinski definition) is 5. The highest BCUT2D eigenvalue weighted by Crippen LogP contribution is 2.45. The van der Waals surface area contributed by atoms with Gasteiger partial charge in [-0.3, -0.25) is 29.4 Å². The van der Waals surface area contributed by atoms with E-state index in [0.29, 0.717) is 6.42 Å². The normalized spacial score (nSPS) is 27.7. The van der Waals surface area contributed by atoms with Crippen LogP contribution >= 0.6 is 0 Å². The average Bonchev–Trinajstić information content (AvgIpc) is 2.87. The van der Waals surface area contributed by atoms with Crippen LogP contribution < -0.4 is 5.32 Å². The lowest BCUT2D eigenvalue weighted by Crippen LogP contribution is -2.47. The predicted octanol–water partition coefficient (Wildman–Crippen LogP) is -0.110. The number of carbonyl (C=O) groups excluding carboxylic acids is 4.